The van der Waals surface area contributed by atoms with Crippen molar-refractivity contribution in [2.75, 3.05) is 20.4 Å². The van der Waals surface area contributed by atoms with Gasteiger partial charge in [0, 0.05) is 36.2 Å². The molecule has 2 rings (SSSR count). The van der Waals surface area contributed by atoms with Crippen LogP contribution in [0.15, 0.2) is 35.8 Å². The Bertz CT molecular complexity index is 487. The van der Waals surface area contributed by atoms with Crippen LogP contribution in [0, 0.1) is 0 Å². The van der Waals surface area contributed by atoms with Crippen LogP contribution in [0.3, 0.4) is 0 Å². The van der Waals surface area contributed by atoms with Crippen molar-refractivity contribution in [2.24, 2.45) is 5.73 Å². The van der Waals surface area contributed by atoms with Crippen molar-refractivity contribution in [1.29, 1.82) is 0 Å². The highest BCUT2D eigenvalue weighted by Gasteiger charge is 2.19. The highest BCUT2D eigenvalue weighted by atomic mass is 32.1. The maximum atomic E-state index is 12.8. The first-order valence-corrected chi connectivity index (χ1v) is 6.94. The van der Waals surface area contributed by atoms with Crippen molar-refractivity contribution in [3.8, 4) is 10.6 Å². The highest BCUT2D eigenvalue weighted by Crippen LogP contribution is 2.25. The molecule has 2 unspecified atom stereocenters. The van der Waals surface area contributed by atoms with Crippen molar-refractivity contribution in [3.05, 3.63) is 41.4 Å². The summed E-state index contributed by atoms with van der Waals surface area (Å²) in [5.41, 5.74) is 7.85. The summed E-state index contributed by atoms with van der Waals surface area (Å²) in [7, 11) is 1.60. The summed E-state index contributed by atoms with van der Waals surface area (Å²) in [5, 5.41) is 2.92. The molecule has 102 valence electrons. The van der Waals surface area contributed by atoms with Gasteiger partial charge in [0.25, 0.3) is 0 Å². The van der Waals surface area contributed by atoms with Gasteiger partial charge in [-0.15, -0.1) is 11.3 Å². The molecule has 0 aliphatic rings. The molecular weight excluding hydrogens is 263 g/mol. The largest absolute Gasteiger partial charge is 0.384 e. The van der Waals surface area contributed by atoms with Crippen molar-refractivity contribution in [3.63, 3.8) is 0 Å². The lowest BCUT2D eigenvalue weighted by molar-refractivity contribution is 0.163. The van der Waals surface area contributed by atoms with E-state index < -0.39 is 12.7 Å². The molecule has 5 heteroatoms. The molecule has 0 saturated heterocycles. The summed E-state index contributed by atoms with van der Waals surface area (Å²) in [6, 6.07) is 7.38. The van der Waals surface area contributed by atoms with Gasteiger partial charge in [0.15, 0.2) is 0 Å². The molecule has 0 bridgehead atoms. The van der Waals surface area contributed by atoms with E-state index >= 15 is 0 Å². The fourth-order valence-corrected chi connectivity index (χ4v) is 2.64. The number of hydrogen-bond donors (Lipinski definition) is 1. The Morgan fingerprint density at radius 3 is 2.63 bits per heavy atom. The molecule has 0 radical (unpaired) electrons. The van der Waals surface area contributed by atoms with E-state index in [0.29, 0.717) is 6.61 Å². The number of nitrogens with two attached hydrogens (primary N) is 1. The van der Waals surface area contributed by atoms with Gasteiger partial charge in [-0.3, -0.25) is 0 Å². The minimum absolute atomic E-state index is 0.125. The van der Waals surface area contributed by atoms with Crippen LogP contribution in [0.2, 0.25) is 0 Å². The van der Waals surface area contributed by atoms with Crippen LogP contribution in [0.25, 0.3) is 10.6 Å². The second-order valence-electron chi connectivity index (χ2n) is 4.34. The Morgan fingerprint density at radius 2 is 2.11 bits per heavy atom. The number of methoxy groups -OCH3 is 1. The lowest BCUT2D eigenvalue weighted by Crippen LogP contribution is -2.33. The maximum Gasteiger partial charge on any atom is 0.123 e. The average Bonchev–Trinajstić information content (AvgIpc) is 2.98. The molecule has 2 N–H and O–H groups in total. The summed E-state index contributed by atoms with van der Waals surface area (Å²) in [5.74, 6) is -0.125. The first-order valence-electron chi connectivity index (χ1n) is 6.06. The summed E-state index contributed by atoms with van der Waals surface area (Å²) < 4.78 is 17.9. The summed E-state index contributed by atoms with van der Waals surface area (Å²) >= 11 is 1.59. The van der Waals surface area contributed by atoms with Crippen molar-refractivity contribution < 1.29 is 9.13 Å². The summed E-state index contributed by atoms with van der Waals surface area (Å²) in [6.07, 6.45) is 1.78. The number of thiazole rings is 1. The van der Waals surface area contributed by atoms with Gasteiger partial charge in [0.1, 0.15) is 11.7 Å². The lowest BCUT2D eigenvalue weighted by Gasteiger charge is -2.21. The van der Waals surface area contributed by atoms with Gasteiger partial charge in [-0.25, -0.2) is 9.37 Å². The molecule has 1 aromatic heterocycles. The Morgan fingerprint density at radius 1 is 1.37 bits per heavy atom. The van der Waals surface area contributed by atoms with Gasteiger partial charge in [-0.05, 0) is 5.56 Å². The van der Waals surface area contributed by atoms with Crippen LogP contribution < -0.4 is 5.73 Å². The Kier molecular flexibility index (Phi) is 5.01. The Hall–Kier alpha value is -1.30. The molecular formula is C14H17FN2OS. The fraction of sp³-hybridized carbons (Fsp3) is 0.357. The third-order valence-corrected chi connectivity index (χ3v) is 3.88. The minimum atomic E-state index is -0.553. The van der Waals surface area contributed by atoms with E-state index in [1.807, 2.05) is 29.6 Å². The van der Waals surface area contributed by atoms with E-state index in [2.05, 4.69) is 4.98 Å². The van der Waals surface area contributed by atoms with E-state index in [1.165, 1.54) is 0 Å². The zero-order chi connectivity index (χ0) is 13.7. The maximum absolute atomic E-state index is 12.8. The molecule has 19 heavy (non-hydrogen) atoms. The van der Waals surface area contributed by atoms with Crippen LogP contribution in [-0.4, -0.2) is 31.4 Å². The first-order chi connectivity index (χ1) is 9.26. The van der Waals surface area contributed by atoms with E-state index in [-0.39, 0.29) is 5.92 Å². The normalized spacial score (nSPS) is 14.3. The monoisotopic (exact) mass is 280 g/mol. The van der Waals surface area contributed by atoms with Gasteiger partial charge < -0.3 is 10.5 Å². The Labute approximate surface area is 116 Å². The predicted molar refractivity (Wildman–Crippen MR) is 76.1 cm³/mol. The average molecular weight is 280 g/mol. The molecule has 3 nitrogen and oxygen atoms in total. The molecule has 2 atom stereocenters. The number of halogens is 1. The zero-order valence-electron chi connectivity index (χ0n) is 10.8. The fourth-order valence-electron chi connectivity index (χ4n) is 1.99. The number of rotatable bonds is 6. The van der Waals surface area contributed by atoms with Gasteiger partial charge >= 0.3 is 0 Å². The predicted octanol–water partition coefficient (Wildman–Crippen LogP) is 2.84. The van der Waals surface area contributed by atoms with Gasteiger partial charge in [-0.1, -0.05) is 24.3 Å². The van der Waals surface area contributed by atoms with Crippen molar-refractivity contribution in [1.82, 2.24) is 4.98 Å². The van der Waals surface area contributed by atoms with Gasteiger partial charge in [0.2, 0.25) is 0 Å². The van der Waals surface area contributed by atoms with Crippen LogP contribution in [0.1, 0.15) is 11.5 Å². The number of alkyl halides is 1. The van der Waals surface area contributed by atoms with Gasteiger partial charge in [0.05, 0.1) is 6.61 Å². The second-order valence-corrected chi connectivity index (χ2v) is 5.23. The minimum Gasteiger partial charge on any atom is -0.384 e. The number of hydrogen-bond acceptors (Lipinski definition) is 4. The van der Waals surface area contributed by atoms with Crippen LogP contribution >= 0.6 is 11.3 Å². The number of benzene rings is 1. The van der Waals surface area contributed by atoms with E-state index in [1.54, 1.807) is 24.6 Å². The smallest absolute Gasteiger partial charge is 0.123 e. The first kappa shape index (κ1) is 14.1. The highest BCUT2D eigenvalue weighted by molar-refractivity contribution is 7.13. The molecule has 0 aliphatic heterocycles. The zero-order valence-corrected chi connectivity index (χ0v) is 11.6. The van der Waals surface area contributed by atoms with Crippen LogP contribution in [-0.2, 0) is 4.74 Å². The van der Waals surface area contributed by atoms with E-state index in [4.69, 9.17) is 10.5 Å². The third-order valence-electron chi connectivity index (χ3n) is 3.06. The van der Waals surface area contributed by atoms with Crippen molar-refractivity contribution in [2.45, 2.75) is 12.0 Å². The summed E-state index contributed by atoms with van der Waals surface area (Å²) in [6.45, 7) is -0.135. The SMILES string of the molecule is COCC(c1ccc(-c2nccs2)cc1)C(N)CF. The van der Waals surface area contributed by atoms with E-state index in [9.17, 15) is 4.39 Å². The Balaban J connectivity index is 2.20. The molecule has 2 aromatic rings. The molecule has 0 saturated carbocycles. The molecule has 0 aliphatic carbocycles. The molecule has 1 heterocycles. The lowest BCUT2D eigenvalue weighted by atomic mass is 9.92. The van der Waals surface area contributed by atoms with E-state index in [0.717, 1.165) is 16.1 Å². The summed E-state index contributed by atoms with van der Waals surface area (Å²) in [4.78, 5) is 4.26. The number of nitrogens with zero attached hydrogens (tertiary/aromatic N) is 1. The molecule has 0 amide bonds. The number of aromatic nitrogens is 1. The second kappa shape index (κ2) is 6.75. The topological polar surface area (TPSA) is 48.1 Å². The van der Waals surface area contributed by atoms with Gasteiger partial charge in [-0.2, -0.15) is 0 Å². The van der Waals surface area contributed by atoms with Crippen molar-refractivity contribution >= 4 is 11.3 Å². The third kappa shape index (κ3) is 3.37. The molecule has 1 aromatic carbocycles. The molecule has 0 spiro atoms. The van der Waals surface area contributed by atoms with Crippen LogP contribution in [0.4, 0.5) is 4.39 Å². The standard InChI is InChI=1S/C14H17FN2OS/c1-18-9-12(13(16)8-15)10-2-4-11(5-3-10)14-17-6-7-19-14/h2-7,12-13H,8-9,16H2,1H3. The molecule has 0 fully saturated rings. The van der Waals surface area contributed by atoms with Crippen LogP contribution in [0.5, 0.6) is 0 Å². The quantitative estimate of drug-likeness (QED) is 0.885. The number of ether oxygens (including phenoxy) is 1.